The van der Waals surface area contributed by atoms with Crippen molar-refractivity contribution in [3.8, 4) is 5.69 Å². The Hall–Kier alpha value is -1.84. The lowest BCUT2D eigenvalue weighted by atomic mass is 10.1. The molecule has 0 saturated heterocycles. The monoisotopic (exact) mass is 234 g/mol. The Morgan fingerprint density at radius 2 is 1.82 bits per heavy atom. The van der Waals surface area contributed by atoms with Gasteiger partial charge in [-0.15, -0.1) is 0 Å². The minimum atomic E-state index is -0.311. The molecule has 3 nitrogen and oxygen atoms in total. The Morgan fingerprint density at radius 1 is 1.24 bits per heavy atom. The molecule has 17 heavy (non-hydrogen) atoms. The van der Waals surface area contributed by atoms with E-state index in [-0.39, 0.29) is 17.3 Å². The van der Waals surface area contributed by atoms with Crippen LogP contribution in [0.2, 0.25) is 0 Å². The van der Waals surface area contributed by atoms with Crippen LogP contribution in [-0.2, 0) is 0 Å². The van der Waals surface area contributed by atoms with Crippen LogP contribution in [-0.4, -0.2) is 9.78 Å². The first-order valence-electron chi connectivity index (χ1n) is 5.58. The standard InChI is InChI=1S/C13H15FN2O/c1-8(2)12-9(3)15-16(13(12)17)11-6-4-10(14)5-7-11/h4-8,15H,1-3H3. The zero-order valence-corrected chi connectivity index (χ0v) is 10.1. The molecule has 0 aliphatic rings. The average molecular weight is 234 g/mol. The molecule has 4 heteroatoms. The summed E-state index contributed by atoms with van der Waals surface area (Å²) in [5, 5.41) is 3.01. The van der Waals surface area contributed by atoms with Gasteiger partial charge >= 0.3 is 0 Å². The van der Waals surface area contributed by atoms with Gasteiger partial charge in [-0.1, -0.05) is 13.8 Å². The van der Waals surface area contributed by atoms with Gasteiger partial charge in [-0.3, -0.25) is 9.89 Å². The molecule has 0 fully saturated rings. The van der Waals surface area contributed by atoms with Crippen LogP contribution in [0, 0.1) is 12.7 Å². The third-order valence-electron chi connectivity index (χ3n) is 2.78. The molecule has 0 bridgehead atoms. The number of H-pyrrole nitrogens is 1. The number of rotatable bonds is 2. The number of hydrogen-bond donors (Lipinski definition) is 1. The predicted octanol–water partition coefficient (Wildman–Crippen LogP) is 2.74. The average Bonchev–Trinajstić information content (AvgIpc) is 2.55. The number of aryl methyl sites for hydroxylation is 1. The maximum Gasteiger partial charge on any atom is 0.274 e. The van der Waals surface area contributed by atoms with Crippen molar-refractivity contribution in [3.05, 3.63) is 51.7 Å². The quantitative estimate of drug-likeness (QED) is 0.852. The normalized spacial score (nSPS) is 11.1. The molecule has 90 valence electrons. The van der Waals surface area contributed by atoms with E-state index in [1.807, 2.05) is 20.8 Å². The zero-order chi connectivity index (χ0) is 12.6. The molecule has 0 aliphatic heterocycles. The van der Waals surface area contributed by atoms with Gasteiger partial charge in [-0.2, -0.15) is 0 Å². The fourth-order valence-corrected chi connectivity index (χ4v) is 2.01. The molecule has 1 N–H and O–H groups in total. The van der Waals surface area contributed by atoms with Crippen LogP contribution in [0.25, 0.3) is 5.69 Å². The van der Waals surface area contributed by atoms with E-state index in [2.05, 4.69) is 5.10 Å². The molecule has 0 aliphatic carbocycles. The van der Waals surface area contributed by atoms with Crippen molar-refractivity contribution in [2.24, 2.45) is 0 Å². The zero-order valence-electron chi connectivity index (χ0n) is 10.1. The van der Waals surface area contributed by atoms with Gasteiger partial charge in [0.2, 0.25) is 0 Å². The fraction of sp³-hybridized carbons (Fsp3) is 0.308. The molecule has 0 atom stereocenters. The van der Waals surface area contributed by atoms with Crippen molar-refractivity contribution in [1.29, 1.82) is 0 Å². The molecule has 0 radical (unpaired) electrons. The largest absolute Gasteiger partial charge is 0.295 e. The van der Waals surface area contributed by atoms with Gasteiger partial charge in [0.25, 0.3) is 5.56 Å². The second kappa shape index (κ2) is 4.20. The first kappa shape index (κ1) is 11.6. The second-order valence-electron chi connectivity index (χ2n) is 4.42. The summed E-state index contributed by atoms with van der Waals surface area (Å²) in [5.41, 5.74) is 2.21. The van der Waals surface area contributed by atoms with Crippen LogP contribution in [0.5, 0.6) is 0 Å². The van der Waals surface area contributed by atoms with Crippen molar-refractivity contribution in [3.63, 3.8) is 0 Å². The van der Waals surface area contributed by atoms with Gasteiger partial charge in [0.05, 0.1) is 5.69 Å². The smallest absolute Gasteiger partial charge is 0.274 e. The van der Waals surface area contributed by atoms with Crippen molar-refractivity contribution in [2.75, 3.05) is 0 Å². The summed E-state index contributed by atoms with van der Waals surface area (Å²) in [4.78, 5) is 12.2. The lowest BCUT2D eigenvalue weighted by Gasteiger charge is -2.01. The predicted molar refractivity (Wildman–Crippen MR) is 65.2 cm³/mol. The van der Waals surface area contributed by atoms with Gasteiger partial charge in [-0.25, -0.2) is 9.07 Å². The molecular weight excluding hydrogens is 219 g/mol. The van der Waals surface area contributed by atoms with Gasteiger partial charge in [0, 0.05) is 11.3 Å². The first-order chi connectivity index (χ1) is 8.00. The van der Waals surface area contributed by atoms with E-state index >= 15 is 0 Å². The Balaban J connectivity index is 2.58. The summed E-state index contributed by atoms with van der Waals surface area (Å²) in [6, 6.07) is 5.84. The topological polar surface area (TPSA) is 37.8 Å². The highest BCUT2D eigenvalue weighted by Crippen LogP contribution is 2.15. The number of hydrogen-bond acceptors (Lipinski definition) is 1. The Morgan fingerprint density at radius 3 is 2.29 bits per heavy atom. The highest BCUT2D eigenvalue weighted by molar-refractivity contribution is 5.33. The number of nitrogens with zero attached hydrogens (tertiary/aromatic N) is 1. The van der Waals surface area contributed by atoms with E-state index in [9.17, 15) is 9.18 Å². The third kappa shape index (κ3) is 2.02. The van der Waals surface area contributed by atoms with Crippen LogP contribution in [0.15, 0.2) is 29.1 Å². The molecule has 1 heterocycles. The number of halogens is 1. The summed E-state index contributed by atoms with van der Waals surface area (Å²) < 4.78 is 14.3. The Bertz CT molecular complexity index is 578. The summed E-state index contributed by atoms with van der Waals surface area (Å²) in [6.07, 6.45) is 0. The van der Waals surface area contributed by atoms with Crippen LogP contribution in [0.4, 0.5) is 4.39 Å². The van der Waals surface area contributed by atoms with Gasteiger partial charge in [0.15, 0.2) is 0 Å². The van der Waals surface area contributed by atoms with Crippen LogP contribution < -0.4 is 5.56 Å². The summed E-state index contributed by atoms with van der Waals surface area (Å²) in [5.74, 6) is -0.144. The summed E-state index contributed by atoms with van der Waals surface area (Å²) >= 11 is 0. The van der Waals surface area contributed by atoms with Gasteiger partial charge < -0.3 is 0 Å². The van der Waals surface area contributed by atoms with Crippen LogP contribution >= 0.6 is 0 Å². The summed E-state index contributed by atoms with van der Waals surface area (Å²) in [7, 11) is 0. The minimum Gasteiger partial charge on any atom is -0.295 e. The number of nitrogens with one attached hydrogen (secondary N) is 1. The van der Waals surface area contributed by atoms with Crippen LogP contribution in [0.1, 0.15) is 31.0 Å². The Labute approximate surface area is 98.9 Å². The maximum absolute atomic E-state index is 12.8. The molecule has 0 amide bonds. The SMILES string of the molecule is Cc1[nH]n(-c2ccc(F)cc2)c(=O)c1C(C)C. The van der Waals surface area contributed by atoms with E-state index in [4.69, 9.17) is 0 Å². The maximum atomic E-state index is 12.8. The summed E-state index contributed by atoms with van der Waals surface area (Å²) in [6.45, 7) is 5.83. The highest BCUT2D eigenvalue weighted by Gasteiger charge is 2.14. The van der Waals surface area contributed by atoms with E-state index in [1.54, 1.807) is 12.1 Å². The van der Waals surface area contributed by atoms with Crippen molar-refractivity contribution in [2.45, 2.75) is 26.7 Å². The van der Waals surface area contributed by atoms with Crippen molar-refractivity contribution < 1.29 is 4.39 Å². The third-order valence-corrected chi connectivity index (χ3v) is 2.78. The Kier molecular flexibility index (Phi) is 2.88. The van der Waals surface area contributed by atoms with Gasteiger partial charge in [-0.05, 0) is 37.1 Å². The molecule has 0 unspecified atom stereocenters. The van der Waals surface area contributed by atoms with Gasteiger partial charge in [0.1, 0.15) is 5.82 Å². The molecular formula is C13H15FN2O. The lowest BCUT2D eigenvalue weighted by Crippen LogP contribution is -2.18. The highest BCUT2D eigenvalue weighted by atomic mass is 19.1. The van der Waals surface area contributed by atoms with E-state index in [0.29, 0.717) is 5.69 Å². The molecule has 1 aromatic carbocycles. The first-order valence-corrected chi connectivity index (χ1v) is 5.58. The second-order valence-corrected chi connectivity index (χ2v) is 4.42. The minimum absolute atomic E-state index is 0.0656. The molecule has 0 saturated carbocycles. The lowest BCUT2D eigenvalue weighted by molar-refractivity contribution is 0.627. The van der Waals surface area contributed by atoms with E-state index < -0.39 is 0 Å². The number of aromatic nitrogens is 2. The molecule has 1 aromatic heterocycles. The van der Waals surface area contributed by atoms with E-state index in [0.717, 1.165) is 11.3 Å². The fourth-order valence-electron chi connectivity index (χ4n) is 2.01. The molecule has 0 spiro atoms. The molecule has 2 aromatic rings. The van der Waals surface area contributed by atoms with Crippen LogP contribution in [0.3, 0.4) is 0 Å². The number of aromatic amines is 1. The number of benzene rings is 1. The van der Waals surface area contributed by atoms with Crippen molar-refractivity contribution >= 4 is 0 Å². The molecule has 2 rings (SSSR count). The van der Waals surface area contributed by atoms with Crippen molar-refractivity contribution in [1.82, 2.24) is 9.78 Å². The van der Waals surface area contributed by atoms with E-state index in [1.165, 1.54) is 16.8 Å².